The fourth-order valence-electron chi connectivity index (χ4n) is 3.30. The van der Waals surface area contributed by atoms with Gasteiger partial charge in [-0.2, -0.15) is 0 Å². The lowest BCUT2D eigenvalue weighted by Gasteiger charge is -2.23. The van der Waals surface area contributed by atoms with E-state index in [0.29, 0.717) is 19.3 Å². The summed E-state index contributed by atoms with van der Waals surface area (Å²) in [7, 11) is 3.46. The van der Waals surface area contributed by atoms with Crippen molar-refractivity contribution in [3.63, 3.8) is 0 Å². The van der Waals surface area contributed by atoms with Crippen LogP contribution in [0.15, 0.2) is 29.3 Å². The monoisotopic (exact) mass is 520 g/mol. The molecule has 1 aromatic carbocycles. The molecule has 1 aliphatic heterocycles. The van der Waals surface area contributed by atoms with Crippen molar-refractivity contribution >= 4 is 35.6 Å². The molecule has 8 heteroatoms. The number of benzene rings is 1. The second-order valence-electron chi connectivity index (χ2n) is 6.89. The molecule has 2 N–H and O–H groups in total. The summed E-state index contributed by atoms with van der Waals surface area (Å²) in [5.74, 6) is 1.65. The number of methoxy groups -OCH3 is 2. The van der Waals surface area contributed by atoms with Crippen LogP contribution in [0, 0.1) is 0 Å². The van der Waals surface area contributed by atoms with E-state index in [2.05, 4.69) is 22.5 Å². The van der Waals surface area contributed by atoms with Crippen molar-refractivity contribution in [3.05, 3.63) is 24.3 Å². The van der Waals surface area contributed by atoms with Crippen LogP contribution in [0.1, 0.15) is 26.2 Å². The van der Waals surface area contributed by atoms with Gasteiger partial charge in [-0.25, -0.2) is 0 Å². The van der Waals surface area contributed by atoms with Gasteiger partial charge in [0.1, 0.15) is 5.75 Å². The number of hydrogen-bond acceptors (Lipinski definition) is 5. The third kappa shape index (κ3) is 9.97. The van der Waals surface area contributed by atoms with E-state index < -0.39 is 0 Å². The molecular weight excluding hydrogens is 483 g/mol. The number of halogens is 1. The quantitative estimate of drug-likeness (QED) is 0.191. The van der Waals surface area contributed by atoms with Crippen molar-refractivity contribution in [3.8, 4) is 5.75 Å². The molecule has 166 valence electrons. The van der Waals surface area contributed by atoms with Crippen LogP contribution in [0.25, 0.3) is 0 Å². The highest BCUT2D eigenvalue weighted by molar-refractivity contribution is 14.0. The molecule has 1 atom stereocenters. The molecule has 0 spiro atoms. The van der Waals surface area contributed by atoms with Crippen molar-refractivity contribution in [1.29, 1.82) is 0 Å². The molecule has 2 rings (SSSR count). The van der Waals surface area contributed by atoms with Crippen LogP contribution in [-0.4, -0.2) is 77.1 Å². The lowest BCUT2D eigenvalue weighted by molar-refractivity contribution is 0.143. The second-order valence-corrected chi connectivity index (χ2v) is 6.89. The Morgan fingerprint density at radius 2 is 2.03 bits per heavy atom. The van der Waals surface area contributed by atoms with E-state index in [1.165, 1.54) is 12.8 Å². The van der Waals surface area contributed by atoms with Gasteiger partial charge in [-0.3, -0.25) is 9.89 Å². The Kier molecular flexibility index (Phi) is 14.0. The summed E-state index contributed by atoms with van der Waals surface area (Å²) in [6.07, 6.45) is 3.30. The van der Waals surface area contributed by atoms with Gasteiger partial charge in [0.2, 0.25) is 0 Å². The minimum atomic E-state index is 0. The number of nitrogens with zero attached hydrogens (tertiary/aromatic N) is 2. The SMILES string of the molecule is CCNC(=NCC1CCCN1CCOC)Nc1cccc(OCCCOC)c1.I. The van der Waals surface area contributed by atoms with E-state index in [-0.39, 0.29) is 24.0 Å². The summed E-state index contributed by atoms with van der Waals surface area (Å²) in [6, 6.07) is 8.46. The Balaban J connectivity index is 0.00000420. The number of nitrogens with one attached hydrogen (secondary N) is 2. The van der Waals surface area contributed by atoms with Gasteiger partial charge in [-0.1, -0.05) is 6.07 Å². The van der Waals surface area contributed by atoms with Gasteiger partial charge in [0.15, 0.2) is 5.96 Å². The number of hydrogen-bond donors (Lipinski definition) is 2. The summed E-state index contributed by atoms with van der Waals surface area (Å²) < 4.78 is 16.1. The van der Waals surface area contributed by atoms with Crippen molar-refractivity contribution in [2.24, 2.45) is 4.99 Å². The zero-order chi connectivity index (χ0) is 20.0. The molecule has 7 nitrogen and oxygen atoms in total. The molecule has 1 heterocycles. The van der Waals surface area contributed by atoms with Crippen LogP contribution in [0.5, 0.6) is 5.75 Å². The van der Waals surface area contributed by atoms with Crippen LogP contribution in [0.3, 0.4) is 0 Å². The summed E-state index contributed by atoms with van der Waals surface area (Å²) in [6.45, 7) is 7.91. The predicted octanol–water partition coefficient (Wildman–Crippen LogP) is 3.21. The third-order valence-electron chi connectivity index (χ3n) is 4.74. The number of ether oxygens (including phenoxy) is 3. The highest BCUT2D eigenvalue weighted by Crippen LogP contribution is 2.19. The van der Waals surface area contributed by atoms with Gasteiger partial charge in [-0.05, 0) is 38.4 Å². The van der Waals surface area contributed by atoms with Crippen LogP contribution in [-0.2, 0) is 9.47 Å². The average molecular weight is 520 g/mol. The van der Waals surface area contributed by atoms with Crippen LogP contribution in [0.2, 0.25) is 0 Å². The lowest BCUT2D eigenvalue weighted by Crippen LogP contribution is -2.36. The largest absolute Gasteiger partial charge is 0.493 e. The van der Waals surface area contributed by atoms with Crippen molar-refractivity contribution in [2.75, 3.05) is 65.5 Å². The highest BCUT2D eigenvalue weighted by atomic mass is 127. The lowest BCUT2D eigenvalue weighted by atomic mass is 10.2. The first kappa shape index (κ1) is 25.9. The van der Waals surface area contributed by atoms with Gasteiger partial charge in [0.25, 0.3) is 0 Å². The topological polar surface area (TPSA) is 67.4 Å². The second kappa shape index (κ2) is 15.7. The van der Waals surface area contributed by atoms with Crippen LogP contribution in [0.4, 0.5) is 5.69 Å². The molecule has 29 heavy (non-hydrogen) atoms. The summed E-state index contributed by atoms with van der Waals surface area (Å²) in [5.41, 5.74) is 0.964. The summed E-state index contributed by atoms with van der Waals surface area (Å²) in [4.78, 5) is 7.30. The van der Waals surface area contributed by atoms with Crippen molar-refractivity contribution < 1.29 is 14.2 Å². The van der Waals surface area contributed by atoms with E-state index >= 15 is 0 Å². The maximum atomic E-state index is 5.78. The molecular formula is C21H37IN4O3. The zero-order valence-electron chi connectivity index (χ0n) is 18.0. The maximum absolute atomic E-state index is 5.78. The van der Waals surface area contributed by atoms with E-state index in [9.17, 15) is 0 Å². The zero-order valence-corrected chi connectivity index (χ0v) is 20.3. The first-order valence-electron chi connectivity index (χ1n) is 10.3. The molecule has 1 aromatic rings. The molecule has 0 aliphatic carbocycles. The molecule has 0 aromatic heterocycles. The predicted molar refractivity (Wildman–Crippen MR) is 130 cm³/mol. The number of rotatable bonds is 12. The Bertz CT molecular complexity index is 589. The van der Waals surface area contributed by atoms with E-state index in [4.69, 9.17) is 19.2 Å². The van der Waals surface area contributed by atoms with Crippen LogP contribution >= 0.6 is 24.0 Å². The molecule has 1 unspecified atom stereocenters. The molecule has 1 aliphatic rings. The van der Waals surface area contributed by atoms with Gasteiger partial charge < -0.3 is 24.8 Å². The molecule has 0 amide bonds. The Hall–Kier alpha value is -1.10. The molecule has 0 bridgehead atoms. The Morgan fingerprint density at radius 1 is 1.21 bits per heavy atom. The van der Waals surface area contributed by atoms with Crippen molar-refractivity contribution in [2.45, 2.75) is 32.2 Å². The summed E-state index contributed by atoms with van der Waals surface area (Å²) >= 11 is 0. The first-order chi connectivity index (χ1) is 13.8. The van der Waals surface area contributed by atoms with E-state index in [1.807, 2.05) is 24.3 Å². The van der Waals surface area contributed by atoms with Gasteiger partial charge >= 0.3 is 0 Å². The molecule has 0 saturated carbocycles. The normalized spacial score (nSPS) is 17.1. The smallest absolute Gasteiger partial charge is 0.195 e. The average Bonchev–Trinajstić information content (AvgIpc) is 3.16. The minimum Gasteiger partial charge on any atom is -0.493 e. The number of likely N-dealkylation sites (tertiary alicyclic amines) is 1. The fraction of sp³-hybridized carbons (Fsp3) is 0.667. The van der Waals surface area contributed by atoms with Gasteiger partial charge in [-0.15, -0.1) is 24.0 Å². The van der Waals surface area contributed by atoms with Gasteiger partial charge in [0, 0.05) is 58.1 Å². The van der Waals surface area contributed by atoms with Crippen molar-refractivity contribution in [1.82, 2.24) is 10.2 Å². The summed E-state index contributed by atoms with van der Waals surface area (Å²) in [5, 5.41) is 6.73. The highest BCUT2D eigenvalue weighted by Gasteiger charge is 2.23. The fourth-order valence-corrected chi connectivity index (χ4v) is 3.30. The molecule has 1 fully saturated rings. The maximum Gasteiger partial charge on any atom is 0.195 e. The number of guanidine groups is 1. The third-order valence-corrected chi connectivity index (χ3v) is 4.74. The van der Waals surface area contributed by atoms with E-state index in [1.54, 1.807) is 14.2 Å². The Morgan fingerprint density at radius 3 is 2.79 bits per heavy atom. The minimum absolute atomic E-state index is 0. The Labute approximate surface area is 192 Å². The molecule has 1 saturated heterocycles. The number of aliphatic imine (C=N–C) groups is 1. The van der Waals surface area contributed by atoms with E-state index in [0.717, 1.165) is 56.6 Å². The molecule has 0 radical (unpaired) electrons. The standard InChI is InChI=1S/C21H36N4O3.HI/c1-4-22-21(23-17-19-9-6-11-25(19)12-15-27-3)24-18-8-5-10-20(16-18)28-14-7-13-26-2;/h5,8,10,16,19H,4,6-7,9,11-15,17H2,1-3H3,(H2,22,23,24);1H. The van der Waals surface area contributed by atoms with Crippen LogP contribution < -0.4 is 15.4 Å². The first-order valence-corrected chi connectivity index (χ1v) is 10.3. The number of anilines is 1. The van der Waals surface area contributed by atoms with Gasteiger partial charge in [0.05, 0.1) is 19.8 Å².